The Balaban J connectivity index is 2.47. The van der Waals surface area contributed by atoms with Crippen LogP contribution in [-0.4, -0.2) is 11.5 Å². The van der Waals surface area contributed by atoms with E-state index in [9.17, 15) is 5.11 Å². The molecule has 1 aliphatic heterocycles. The van der Waals surface area contributed by atoms with E-state index in [1.807, 2.05) is 24.3 Å². The summed E-state index contributed by atoms with van der Waals surface area (Å²) in [6, 6.07) is 7.47. The summed E-state index contributed by atoms with van der Waals surface area (Å²) in [4.78, 5) is 0. The van der Waals surface area contributed by atoms with Crippen LogP contribution in [-0.2, 0) is 0 Å². The van der Waals surface area contributed by atoms with Gasteiger partial charge in [0.2, 0.25) is 6.35 Å². The second-order valence-electron chi connectivity index (χ2n) is 2.44. The fraction of sp³-hybridized carbons (Fsp3) is 0.143. The van der Waals surface area contributed by atoms with Crippen molar-refractivity contribution in [2.24, 2.45) is 5.84 Å². The number of benzene rings is 1. The predicted molar refractivity (Wildman–Crippen MR) is 42.7 cm³/mol. The first kappa shape index (κ1) is 6.45. The second-order valence-corrected chi connectivity index (χ2v) is 2.44. The normalized spacial score (nSPS) is 21.3. The Morgan fingerprint density at radius 1 is 1.45 bits per heavy atom. The number of rotatable bonds is 0. The summed E-state index contributed by atoms with van der Waals surface area (Å²) in [5.74, 6) is 5.51. The molecular weight excluding hydrogens is 142 g/mol. The minimum absolute atomic E-state index is 0.799. The zero-order valence-electron chi connectivity index (χ0n) is 5.86. The number of aliphatic hydroxyl groups excluding tert-OH is 1. The molecule has 0 aliphatic carbocycles. The van der Waals surface area contributed by atoms with Gasteiger partial charge in [0.05, 0.1) is 11.4 Å². The number of hydrogen-bond acceptors (Lipinski definition) is 4. The number of para-hydroxylation sites is 2. The fourth-order valence-corrected chi connectivity index (χ4v) is 1.16. The molecule has 0 saturated carbocycles. The molecule has 1 aliphatic rings. The number of hydrazine groups is 1. The first-order chi connectivity index (χ1) is 5.29. The van der Waals surface area contributed by atoms with Gasteiger partial charge in [-0.3, -0.25) is 5.01 Å². The minimum atomic E-state index is -0.799. The molecule has 4 heteroatoms. The molecule has 1 aromatic carbocycles. The van der Waals surface area contributed by atoms with Crippen molar-refractivity contribution in [2.75, 3.05) is 10.3 Å². The van der Waals surface area contributed by atoms with Crippen LogP contribution in [0.15, 0.2) is 24.3 Å². The van der Waals surface area contributed by atoms with E-state index in [-0.39, 0.29) is 0 Å². The molecule has 0 spiro atoms. The first-order valence-electron chi connectivity index (χ1n) is 3.36. The molecule has 1 unspecified atom stereocenters. The van der Waals surface area contributed by atoms with Gasteiger partial charge in [-0.2, -0.15) is 0 Å². The maximum Gasteiger partial charge on any atom is 0.219 e. The van der Waals surface area contributed by atoms with Gasteiger partial charge in [-0.05, 0) is 12.1 Å². The average Bonchev–Trinajstić information content (AvgIpc) is 2.30. The van der Waals surface area contributed by atoms with Crippen LogP contribution in [0.5, 0.6) is 0 Å². The van der Waals surface area contributed by atoms with Gasteiger partial charge in [-0.25, -0.2) is 5.84 Å². The lowest BCUT2D eigenvalue weighted by Gasteiger charge is -2.14. The largest absolute Gasteiger partial charge is 0.355 e. The fourth-order valence-electron chi connectivity index (χ4n) is 1.16. The highest BCUT2D eigenvalue weighted by Crippen LogP contribution is 2.30. The van der Waals surface area contributed by atoms with Gasteiger partial charge in [0.25, 0.3) is 0 Å². The van der Waals surface area contributed by atoms with E-state index >= 15 is 0 Å². The van der Waals surface area contributed by atoms with E-state index in [2.05, 4.69) is 5.32 Å². The highest BCUT2D eigenvalue weighted by molar-refractivity contribution is 5.74. The first-order valence-corrected chi connectivity index (χ1v) is 3.36. The van der Waals surface area contributed by atoms with Crippen molar-refractivity contribution in [3.8, 4) is 0 Å². The van der Waals surface area contributed by atoms with Gasteiger partial charge in [-0.1, -0.05) is 12.1 Å². The van der Waals surface area contributed by atoms with Crippen molar-refractivity contribution in [3.05, 3.63) is 24.3 Å². The van der Waals surface area contributed by atoms with Gasteiger partial charge in [0.1, 0.15) is 0 Å². The van der Waals surface area contributed by atoms with E-state index in [0.29, 0.717) is 0 Å². The number of fused-ring (bicyclic) bond motifs is 1. The Labute approximate surface area is 64.2 Å². The molecule has 1 aromatic rings. The van der Waals surface area contributed by atoms with Gasteiger partial charge >= 0.3 is 0 Å². The van der Waals surface area contributed by atoms with E-state index in [1.165, 1.54) is 5.01 Å². The van der Waals surface area contributed by atoms with E-state index in [1.54, 1.807) is 0 Å². The number of nitrogens with two attached hydrogens (primary N) is 1. The summed E-state index contributed by atoms with van der Waals surface area (Å²) < 4.78 is 0. The van der Waals surface area contributed by atoms with Crippen LogP contribution in [0.1, 0.15) is 0 Å². The quantitative estimate of drug-likeness (QED) is 0.459. The summed E-state index contributed by atoms with van der Waals surface area (Å²) in [7, 11) is 0. The summed E-state index contributed by atoms with van der Waals surface area (Å²) in [6.45, 7) is 0. The molecular formula is C7H9N3O. The van der Waals surface area contributed by atoms with Gasteiger partial charge in [-0.15, -0.1) is 0 Å². The van der Waals surface area contributed by atoms with Crippen LogP contribution in [0.25, 0.3) is 0 Å². The van der Waals surface area contributed by atoms with Gasteiger partial charge in [0.15, 0.2) is 0 Å². The number of aliphatic hydroxyl groups is 1. The van der Waals surface area contributed by atoms with Crippen LogP contribution in [0.3, 0.4) is 0 Å². The lowest BCUT2D eigenvalue weighted by molar-refractivity contribution is 0.204. The average molecular weight is 151 g/mol. The Kier molecular flexibility index (Phi) is 1.24. The van der Waals surface area contributed by atoms with Crippen LogP contribution in [0, 0.1) is 0 Å². The van der Waals surface area contributed by atoms with Crippen LogP contribution < -0.4 is 16.2 Å². The molecule has 1 heterocycles. The summed E-state index contributed by atoms with van der Waals surface area (Å²) >= 11 is 0. The number of nitrogens with one attached hydrogen (secondary N) is 1. The molecule has 4 N–H and O–H groups in total. The molecule has 11 heavy (non-hydrogen) atoms. The Morgan fingerprint density at radius 2 is 2.18 bits per heavy atom. The molecule has 1 atom stereocenters. The zero-order valence-corrected chi connectivity index (χ0v) is 5.86. The Bertz CT molecular complexity index is 276. The third kappa shape index (κ3) is 0.840. The van der Waals surface area contributed by atoms with Crippen LogP contribution in [0.4, 0.5) is 11.4 Å². The molecule has 0 amide bonds. The monoisotopic (exact) mass is 151 g/mol. The number of anilines is 2. The van der Waals surface area contributed by atoms with Crippen molar-refractivity contribution in [1.82, 2.24) is 0 Å². The second kappa shape index (κ2) is 2.11. The third-order valence-corrected chi connectivity index (χ3v) is 1.73. The lowest BCUT2D eigenvalue weighted by atomic mass is 10.3. The SMILES string of the molecule is NN1c2ccccc2NC1O. The van der Waals surface area contributed by atoms with Crippen molar-refractivity contribution < 1.29 is 5.11 Å². The van der Waals surface area contributed by atoms with Gasteiger partial charge in [0, 0.05) is 0 Å². The molecule has 0 bridgehead atoms. The van der Waals surface area contributed by atoms with Crippen LogP contribution in [0.2, 0.25) is 0 Å². The highest BCUT2D eigenvalue weighted by Gasteiger charge is 2.22. The third-order valence-electron chi connectivity index (χ3n) is 1.73. The molecule has 0 radical (unpaired) electrons. The van der Waals surface area contributed by atoms with Crippen LogP contribution >= 0.6 is 0 Å². The van der Waals surface area contributed by atoms with Gasteiger partial charge < -0.3 is 10.4 Å². The number of hydrogen-bond donors (Lipinski definition) is 3. The molecule has 0 fully saturated rings. The topological polar surface area (TPSA) is 61.5 Å². The molecule has 2 rings (SSSR count). The molecule has 0 aromatic heterocycles. The molecule has 58 valence electrons. The van der Waals surface area contributed by atoms with E-state index in [0.717, 1.165) is 11.4 Å². The molecule has 0 saturated heterocycles. The standard InChI is InChI=1S/C7H9N3O/c8-10-6-4-2-1-3-5(6)9-7(10)11/h1-4,7,9,11H,8H2. The summed E-state index contributed by atoms with van der Waals surface area (Å²) in [5.41, 5.74) is 1.68. The minimum Gasteiger partial charge on any atom is -0.355 e. The predicted octanol–water partition coefficient (Wildman–Crippen LogP) is 0.0681. The van der Waals surface area contributed by atoms with Crippen molar-refractivity contribution in [3.63, 3.8) is 0 Å². The van der Waals surface area contributed by atoms with Crippen molar-refractivity contribution >= 4 is 11.4 Å². The van der Waals surface area contributed by atoms with E-state index in [4.69, 9.17) is 5.84 Å². The lowest BCUT2D eigenvalue weighted by Crippen LogP contribution is -2.40. The van der Waals surface area contributed by atoms with Crippen molar-refractivity contribution in [1.29, 1.82) is 0 Å². The molecule has 4 nitrogen and oxygen atoms in total. The zero-order chi connectivity index (χ0) is 7.84. The summed E-state index contributed by atoms with van der Waals surface area (Å²) in [6.07, 6.45) is -0.799. The Hall–Kier alpha value is -1.26. The number of nitrogens with zero attached hydrogens (tertiary/aromatic N) is 1. The smallest absolute Gasteiger partial charge is 0.219 e. The highest BCUT2D eigenvalue weighted by atomic mass is 16.3. The van der Waals surface area contributed by atoms with E-state index < -0.39 is 6.35 Å². The maximum absolute atomic E-state index is 9.21. The Morgan fingerprint density at radius 3 is 2.91 bits per heavy atom. The van der Waals surface area contributed by atoms with Crippen molar-refractivity contribution in [2.45, 2.75) is 6.35 Å². The summed E-state index contributed by atoms with van der Waals surface area (Å²) in [5, 5.41) is 13.3. The maximum atomic E-state index is 9.21.